The molecule has 5 rings (SSSR count). The van der Waals surface area contributed by atoms with Crippen LogP contribution in [0, 0.1) is 23.7 Å². The fraction of sp³-hybridized carbons (Fsp3) is 0.440. The van der Waals surface area contributed by atoms with Gasteiger partial charge >= 0.3 is 5.97 Å². The number of carbonyl (C=O) groups excluding carboxylic acids is 1. The van der Waals surface area contributed by atoms with Gasteiger partial charge in [-0.15, -0.1) is 0 Å². The number of hydrogen-bond donors (Lipinski definition) is 0. The number of para-hydroxylation sites is 1. The summed E-state index contributed by atoms with van der Waals surface area (Å²) >= 11 is 0. The predicted octanol–water partition coefficient (Wildman–Crippen LogP) is 5.56. The number of fused-ring (bicyclic) bond motifs is 3. The maximum Gasteiger partial charge on any atom is 0.313 e. The normalized spacial score (nSPS) is 31.4. The number of esters is 1. The molecule has 0 bridgehead atoms. The maximum absolute atomic E-state index is 12.6. The first-order valence-electron chi connectivity index (χ1n) is 10.5. The lowest BCUT2D eigenvalue weighted by Gasteiger charge is -2.43. The molecule has 1 saturated carbocycles. The highest BCUT2D eigenvalue weighted by Crippen LogP contribution is 2.53. The van der Waals surface area contributed by atoms with Gasteiger partial charge < -0.3 is 4.74 Å². The van der Waals surface area contributed by atoms with E-state index in [1.807, 2.05) is 12.1 Å². The summed E-state index contributed by atoms with van der Waals surface area (Å²) in [6.45, 7) is 4.15. The standard InChI is InChI=1S/C25H27NO2/c1-25(2)23-20(14-13-18-12-11-16-7-4-6-10-22(16)26-18)19-9-5-3-8-17(19)15-21(23)24(27)28-25/h4,6-7,10-15,19-21,23H,3,5,8-9H2,1-2H3/b14-13+/t19-,20+,21-,23+/m1/s1. The van der Waals surface area contributed by atoms with E-state index in [2.05, 4.69) is 56.3 Å². The largest absolute Gasteiger partial charge is 0.459 e. The van der Waals surface area contributed by atoms with E-state index in [4.69, 9.17) is 9.72 Å². The summed E-state index contributed by atoms with van der Waals surface area (Å²) in [6, 6.07) is 12.4. The molecule has 0 spiro atoms. The van der Waals surface area contributed by atoms with Gasteiger partial charge in [-0.3, -0.25) is 4.79 Å². The molecule has 0 radical (unpaired) electrons. The number of carbonyl (C=O) groups is 1. The molecule has 3 nitrogen and oxygen atoms in total. The Hall–Kier alpha value is -2.42. The van der Waals surface area contributed by atoms with Gasteiger partial charge in [0.2, 0.25) is 0 Å². The summed E-state index contributed by atoms with van der Waals surface area (Å²) in [4.78, 5) is 17.4. The van der Waals surface area contributed by atoms with Crippen LogP contribution in [0.25, 0.3) is 17.0 Å². The minimum Gasteiger partial charge on any atom is -0.459 e. The van der Waals surface area contributed by atoms with Crippen molar-refractivity contribution in [3.8, 4) is 0 Å². The lowest BCUT2D eigenvalue weighted by molar-refractivity contribution is -0.148. The van der Waals surface area contributed by atoms with Crippen molar-refractivity contribution in [3.63, 3.8) is 0 Å². The van der Waals surface area contributed by atoms with Crippen molar-refractivity contribution in [1.29, 1.82) is 0 Å². The molecule has 1 aliphatic heterocycles. The fourth-order valence-electron chi connectivity index (χ4n) is 5.68. The summed E-state index contributed by atoms with van der Waals surface area (Å²) < 4.78 is 5.81. The molecular formula is C25H27NO2. The molecule has 3 aliphatic rings. The molecular weight excluding hydrogens is 346 g/mol. The zero-order valence-corrected chi connectivity index (χ0v) is 16.6. The van der Waals surface area contributed by atoms with Gasteiger partial charge in [-0.25, -0.2) is 4.98 Å². The van der Waals surface area contributed by atoms with Crippen molar-refractivity contribution in [1.82, 2.24) is 4.98 Å². The minimum absolute atomic E-state index is 0.0475. The number of ether oxygens (including phenoxy) is 1. The fourth-order valence-corrected chi connectivity index (χ4v) is 5.68. The molecule has 0 amide bonds. The quantitative estimate of drug-likeness (QED) is 0.511. The second-order valence-corrected chi connectivity index (χ2v) is 9.04. The van der Waals surface area contributed by atoms with Crippen LogP contribution in [0.4, 0.5) is 0 Å². The lowest BCUT2D eigenvalue weighted by Crippen LogP contribution is -2.41. The van der Waals surface area contributed by atoms with Crippen LogP contribution in [-0.2, 0) is 9.53 Å². The Bertz CT molecular complexity index is 987. The van der Waals surface area contributed by atoms with E-state index in [0.29, 0.717) is 11.8 Å². The Labute approximate surface area is 166 Å². The molecule has 4 atom stereocenters. The maximum atomic E-state index is 12.6. The predicted molar refractivity (Wildman–Crippen MR) is 111 cm³/mol. The second kappa shape index (κ2) is 6.58. The van der Waals surface area contributed by atoms with Crippen molar-refractivity contribution >= 4 is 22.9 Å². The van der Waals surface area contributed by atoms with Gasteiger partial charge in [-0.05, 0) is 63.2 Å². The first-order valence-corrected chi connectivity index (χ1v) is 10.5. The van der Waals surface area contributed by atoms with E-state index < -0.39 is 5.60 Å². The first kappa shape index (κ1) is 17.7. The number of nitrogens with zero attached hydrogens (tertiary/aromatic N) is 1. The average Bonchev–Trinajstić information content (AvgIpc) is 2.93. The molecule has 2 aromatic rings. The van der Waals surface area contributed by atoms with E-state index in [-0.39, 0.29) is 17.8 Å². The summed E-state index contributed by atoms with van der Waals surface area (Å²) in [7, 11) is 0. The number of rotatable bonds is 2. The Kier molecular flexibility index (Phi) is 4.15. The highest BCUT2D eigenvalue weighted by Gasteiger charge is 2.55. The van der Waals surface area contributed by atoms with Gasteiger partial charge in [0.05, 0.1) is 17.1 Å². The van der Waals surface area contributed by atoms with Crippen LogP contribution in [0.1, 0.15) is 45.2 Å². The van der Waals surface area contributed by atoms with Gasteiger partial charge in [0, 0.05) is 11.3 Å². The van der Waals surface area contributed by atoms with Crippen molar-refractivity contribution in [3.05, 3.63) is 59.8 Å². The molecule has 2 fully saturated rings. The second-order valence-electron chi connectivity index (χ2n) is 9.04. The zero-order valence-electron chi connectivity index (χ0n) is 16.6. The van der Waals surface area contributed by atoms with Gasteiger partial charge in [-0.2, -0.15) is 0 Å². The van der Waals surface area contributed by atoms with Crippen molar-refractivity contribution < 1.29 is 9.53 Å². The van der Waals surface area contributed by atoms with Crippen molar-refractivity contribution in [2.24, 2.45) is 23.7 Å². The summed E-state index contributed by atoms with van der Waals surface area (Å²) in [5.41, 5.74) is 3.05. The number of cyclic esters (lactones) is 1. The summed E-state index contributed by atoms with van der Waals surface area (Å²) in [5.74, 6) is 0.899. The molecule has 2 heterocycles. The number of aromatic nitrogens is 1. The van der Waals surface area contributed by atoms with E-state index in [1.165, 1.54) is 24.8 Å². The smallest absolute Gasteiger partial charge is 0.313 e. The van der Waals surface area contributed by atoms with E-state index in [1.54, 1.807) is 0 Å². The molecule has 1 aromatic carbocycles. The summed E-state index contributed by atoms with van der Waals surface area (Å²) in [5, 5.41) is 1.16. The molecule has 144 valence electrons. The average molecular weight is 373 g/mol. The molecule has 1 saturated heterocycles. The highest BCUT2D eigenvalue weighted by molar-refractivity contribution is 5.80. The minimum atomic E-state index is -0.424. The number of pyridine rings is 1. The SMILES string of the molecule is CC1(C)OC(=O)[C@@H]2C=C3CCCC[C@H]3[C@H](/C=C/c3ccc4ccccc4n3)[C@@H]21. The number of allylic oxidation sites excluding steroid dienone is 2. The molecule has 0 N–H and O–H groups in total. The molecule has 2 aliphatic carbocycles. The van der Waals surface area contributed by atoms with Crippen LogP contribution in [-0.4, -0.2) is 16.6 Å². The van der Waals surface area contributed by atoms with Gasteiger partial charge in [-0.1, -0.05) is 48.4 Å². The molecule has 1 aromatic heterocycles. The Balaban J connectivity index is 1.52. The van der Waals surface area contributed by atoms with E-state index in [0.717, 1.165) is 23.0 Å². The van der Waals surface area contributed by atoms with Crippen LogP contribution in [0.2, 0.25) is 0 Å². The number of benzene rings is 1. The third kappa shape index (κ3) is 2.88. The molecule has 3 heteroatoms. The first-order chi connectivity index (χ1) is 13.5. The van der Waals surface area contributed by atoms with Gasteiger partial charge in [0.25, 0.3) is 0 Å². The van der Waals surface area contributed by atoms with Crippen LogP contribution < -0.4 is 0 Å². The Morgan fingerprint density at radius 3 is 2.89 bits per heavy atom. The zero-order chi connectivity index (χ0) is 19.3. The van der Waals surface area contributed by atoms with Crippen molar-refractivity contribution in [2.75, 3.05) is 0 Å². The topological polar surface area (TPSA) is 39.2 Å². The Morgan fingerprint density at radius 1 is 1.14 bits per heavy atom. The van der Waals surface area contributed by atoms with Gasteiger partial charge in [0.15, 0.2) is 0 Å². The lowest BCUT2D eigenvalue weighted by atomic mass is 9.60. The molecule has 0 unspecified atom stereocenters. The summed E-state index contributed by atoms with van der Waals surface area (Å²) in [6.07, 6.45) is 11.6. The highest BCUT2D eigenvalue weighted by atomic mass is 16.6. The van der Waals surface area contributed by atoms with Crippen LogP contribution in [0.15, 0.2) is 54.1 Å². The van der Waals surface area contributed by atoms with E-state index in [9.17, 15) is 4.79 Å². The molecule has 28 heavy (non-hydrogen) atoms. The van der Waals surface area contributed by atoms with Crippen molar-refractivity contribution in [2.45, 2.75) is 45.1 Å². The van der Waals surface area contributed by atoms with Gasteiger partial charge in [0.1, 0.15) is 5.60 Å². The van der Waals surface area contributed by atoms with Crippen LogP contribution >= 0.6 is 0 Å². The Morgan fingerprint density at radius 2 is 2.00 bits per heavy atom. The van der Waals surface area contributed by atoms with Crippen LogP contribution in [0.3, 0.4) is 0 Å². The monoisotopic (exact) mass is 373 g/mol. The third-order valence-corrected chi connectivity index (χ3v) is 6.91. The number of hydrogen-bond acceptors (Lipinski definition) is 3. The van der Waals surface area contributed by atoms with Crippen LogP contribution in [0.5, 0.6) is 0 Å². The third-order valence-electron chi connectivity index (χ3n) is 6.91. The van der Waals surface area contributed by atoms with E-state index >= 15 is 0 Å².